The number of carbonyl (C=O) groups excluding carboxylic acids is 2. The Morgan fingerprint density at radius 3 is 2.86 bits per heavy atom. The van der Waals surface area contributed by atoms with Crippen LogP contribution in [0.3, 0.4) is 0 Å². The molecule has 0 bridgehead atoms. The second-order valence-corrected chi connectivity index (χ2v) is 11.2. The molecule has 3 aromatic rings. The van der Waals surface area contributed by atoms with Crippen LogP contribution in [0.15, 0.2) is 42.5 Å². The molecule has 0 unspecified atom stereocenters. The lowest BCUT2D eigenvalue weighted by molar-refractivity contribution is 0.0598. The number of benzene rings is 2. The summed E-state index contributed by atoms with van der Waals surface area (Å²) in [4.78, 5) is 34.9. The molecule has 3 heterocycles. The first-order valence-electron chi connectivity index (χ1n) is 13.2. The summed E-state index contributed by atoms with van der Waals surface area (Å²) in [6, 6.07) is 13.8. The van der Waals surface area contributed by atoms with Crippen LogP contribution >= 0.6 is 11.3 Å². The molecule has 192 valence electrons. The number of piperidine rings is 1. The predicted octanol–water partition coefficient (Wildman–Crippen LogP) is 5.22. The number of aromatic nitrogens is 1. The van der Waals surface area contributed by atoms with E-state index in [0.717, 1.165) is 53.2 Å². The maximum atomic E-state index is 14.0. The molecule has 2 amide bonds. The quantitative estimate of drug-likeness (QED) is 0.469. The molecule has 1 saturated heterocycles. The number of rotatable bonds is 6. The van der Waals surface area contributed by atoms with Gasteiger partial charge < -0.3 is 20.3 Å². The number of thiazole rings is 1. The maximum Gasteiger partial charge on any atom is 0.274 e. The van der Waals surface area contributed by atoms with Crippen molar-refractivity contribution in [1.82, 2.24) is 15.2 Å². The predicted molar refractivity (Wildman–Crippen MR) is 146 cm³/mol. The molecule has 2 aliphatic heterocycles. The molecule has 3 aliphatic rings. The average molecular weight is 517 g/mol. The molecular weight excluding hydrogens is 484 g/mol. The number of anilines is 1. The van der Waals surface area contributed by atoms with Gasteiger partial charge in [0, 0.05) is 31.6 Å². The number of carbonyl (C=O) groups is 2. The van der Waals surface area contributed by atoms with E-state index in [1.807, 2.05) is 29.2 Å². The Bertz CT molecular complexity index is 1330. The van der Waals surface area contributed by atoms with Crippen molar-refractivity contribution in [3.63, 3.8) is 0 Å². The highest BCUT2D eigenvalue weighted by molar-refractivity contribution is 7.15. The summed E-state index contributed by atoms with van der Waals surface area (Å²) in [6.07, 6.45) is 5.16. The Labute approximate surface area is 221 Å². The zero-order valence-electron chi connectivity index (χ0n) is 21.1. The molecule has 1 saturated carbocycles. The summed E-state index contributed by atoms with van der Waals surface area (Å²) in [5.74, 6) is 1.01. The van der Waals surface area contributed by atoms with Gasteiger partial charge in [0.2, 0.25) is 0 Å². The fourth-order valence-corrected chi connectivity index (χ4v) is 6.47. The minimum atomic E-state index is -0.155. The number of nitrogens with zero attached hydrogens (tertiary/aromatic N) is 2. The molecule has 7 nitrogen and oxygen atoms in total. The van der Waals surface area contributed by atoms with Gasteiger partial charge in [0.1, 0.15) is 18.1 Å². The van der Waals surface area contributed by atoms with Crippen molar-refractivity contribution in [2.24, 2.45) is 0 Å². The van der Waals surface area contributed by atoms with Gasteiger partial charge in [-0.3, -0.25) is 9.59 Å². The SMILES string of the molecule is Cc1cccc(-c2sc(C3CC3)nc2C(=O)N2CCCC[C@H]2CNC(=O)c2cccc3c2NCCO3)c1. The van der Waals surface area contributed by atoms with Gasteiger partial charge in [0.25, 0.3) is 11.8 Å². The Morgan fingerprint density at radius 2 is 2.03 bits per heavy atom. The molecule has 0 radical (unpaired) electrons. The van der Waals surface area contributed by atoms with Gasteiger partial charge in [-0.2, -0.15) is 0 Å². The third-order valence-electron chi connectivity index (χ3n) is 7.37. The second-order valence-electron chi connectivity index (χ2n) is 10.2. The van der Waals surface area contributed by atoms with Crippen molar-refractivity contribution in [2.45, 2.75) is 51.0 Å². The van der Waals surface area contributed by atoms with Gasteiger partial charge in [-0.05, 0) is 56.7 Å². The van der Waals surface area contributed by atoms with Crippen molar-refractivity contribution in [1.29, 1.82) is 0 Å². The van der Waals surface area contributed by atoms with Gasteiger partial charge >= 0.3 is 0 Å². The van der Waals surface area contributed by atoms with E-state index in [1.165, 1.54) is 5.56 Å². The first-order chi connectivity index (χ1) is 18.1. The van der Waals surface area contributed by atoms with E-state index >= 15 is 0 Å². The lowest BCUT2D eigenvalue weighted by Gasteiger charge is -2.35. The van der Waals surface area contributed by atoms with Crippen LogP contribution in [0.4, 0.5) is 5.69 Å². The van der Waals surface area contributed by atoms with Crippen LogP contribution in [0.2, 0.25) is 0 Å². The Kier molecular flexibility index (Phi) is 6.59. The van der Waals surface area contributed by atoms with Gasteiger partial charge in [0.05, 0.1) is 21.1 Å². The zero-order valence-corrected chi connectivity index (χ0v) is 21.9. The second kappa shape index (κ2) is 10.2. The molecule has 2 N–H and O–H groups in total. The molecule has 1 aromatic heterocycles. The molecule has 6 rings (SSSR count). The van der Waals surface area contributed by atoms with Crippen LogP contribution in [0.5, 0.6) is 5.75 Å². The minimum absolute atomic E-state index is 0.0224. The van der Waals surface area contributed by atoms with Crippen molar-refractivity contribution in [3.8, 4) is 16.2 Å². The van der Waals surface area contributed by atoms with Gasteiger partial charge in [-0.1, -0.05) is 35.9 Å². The standard InChI is InChI=1S/C29H32N4O3S/c1-18-6-4-7-20(16-18)26-25(32-28(37-26)19-11-12-19)29(35)33-14-3-2-8-21(33)17-31-27(34)22-9-5-10-23-24(22)30-13-15-36-23/h4-7,9-10,16,19,21,30H,2-3,8,11-15,17H2,1H3,(H,31,34)/t21-/m0/s1. The first kappa shape index (κ1) is 24.0. The van der Waals surface area contributed by atoms with Crippen LogP contribution < -0.4 is 15.4 Å². The van der Waals surface area contributed by atoms with E-state index in [2.05, 4.69) is 35.8 Å². The summed E-state index contributed by atoms with van der Waals surface area (Å²) >= 11 is 1.67. The highest BCUT2D eigenvalue weighted by Crippen LogP contribution is 2.45. The number of fused-ring (bicyclic) bond motifs is 1. The normalized spacial score (nSPS) is 18.9. The van der Waals surface area contributed by atoms with Crippen LogP contribution in [-0.2, 0) is 0 Å². The van der Waals surface area contributed by atoms with E-state index in [0.29, 0.717) is 49.2 Å². The molecule has 1 aliphatic carbocycles. The highest BCUT2D eigenvalue weighted by atomic mass is 32.1. The van der Waals surface area contributed by atoms with Crippen molar-refractivity contribution < 1.29 is 14.3 Å². The molecule has 2 aromatic carbocycles. The number of amides is 2. The molecule has 2 fully saturated rings. The first-order valence-corrected chi connectivity index (χ1v) is 14.1. The number of para-hydroxylation sites is 1. The third-order valence-corrected chi connectivity index (χ3v) is 8.64. The monoisotopic (exact) mass is 516 g/mol. The van der Waals surface area contributed by atoms with Crippen molar-refractivity contribution >= 4 is 28.8 Å². The largest absolute Gasteiger partial charge is 0.490 e. The van der Waals surface area contributed by atoms with Crippen molar-refractivity contribution in [3.05, 3.63) is 64.3 Å². The number of ether oxygens (including phenoxy) is 1. The maximum absolute atomic E-state index is 14.0. The molecular formula is C29H32N4O3S. The van der Waals surface area contributed by atoms with E-state index in [1.54, 1.807) is 11.3 Å². The number of hydrogen-bond donors (Lipinski definition) is 2. The summed E-state index contributed by atoms with van der Waals surface area (Å²) in [5.41, 5.74) is 4.09. The van der Waals surface area contributed by atoms with Crippen LogP contribution in [0.1, 0.15) is 69.4 Å². The van der Waals surface area contributed by atoms with Gasteiger partial charge in [0.15, 0.2) is 0 Å². The average Bonchev–Trinajstić information content (AvgIpc) is 3.69. The van der Waals surface area contributed by atoms with E-state index in [-0.39, 0.29) is 17.9 Å². The van der Waals surface area contributed by atoms with Crippen LogP contribution in [0, 0.1) is 6.92 Å². The molecule has 8 heteroatoms. The van der Waals surface area contributed by atoms with E-state index in [4.69, 9.17) is 9.72 Å². The Hall–Kier alpha value is -3.39. The smallest absolute Gasteiger partial charge is 0.274 e. The fourth-order valence-electron chi connectivity index (χ4n) is 5.25. The van der Waals surface area contributed by atoms with Crippen LogP contribution in [-0.4, -0.2) is 54.0 Å². The molecule has 0 spiro atoms. The van der Waals surface area contributed by atoms with E-state index < -0.39 is 0 Å². The lowest BCUT2D eigenvalue weighted by atomic mass is 10.0. The Balaban J connectivity index is 1.22. The number of likely N-dealkylation sites (tertiary alicyclic amines) is 1. The Morgan fingerprint density at radius 1 is 1.16 bits per heavy atom. The number of nitrogens with one attached hydrogen (secondary N) is 2. The summed E-state index contributed by atoms with van der Waals surface area (Å²) < 4.78 is 5.68. The lowest BCUT2D eigenvalue weighted by Crippen LogP contribution is -2.49. The van der Waals surface area contributed by atoms with Crippen molar-refractivity contribution in [2.75, 3.05) is 31.6 Å². The molecule has 37 heavy (non-hydrogen) atoms. The summed E-state index contributed by atoms with van der Waals surface area (Å²) in [6.45, 7) is 4.42. The summed E-state index contributed by atoms with van der Waals surface area (Å²) in [7, 11) is 0. The number of aryl methyl sites for hydroxylation is 1. The van der Waals surface area contributed by atoms with Gasteiger partial charge in [-0.25, -0.2) is 4.98 Å². The van der Waals surface area contributed by atoms with Gasteiger partial charge in [-0.15, -0.1) is 11.3 Å². The topological polar surface area (TPSA) is 83.6 Å². The third kappa shape index (κ3) is 4.94. The molecule has 1 atom stereocenters. The summed E-state index contributed by atoms with van der Waals surface area (Å²) in [5, 5.41) is 7.45. The van der Waals surface area contributed by atoms with Crippen LogP contribution in [0.25, 0.3) is 10.4 Å². The van der Waals surface area contributed by atoms with E-state index in [9.17, 15) is 9.59 Å². The zero-order chi connectivity index (χ0) is 25.4. The minimum Gasteiger partial charge on any atom is -0.490 e. The number of hydrogen-bond acceptors (Lipinski definition) is 6. The fraction of sp³-hybridized carbons (Fsp3) is 0.414. The highest BCUT2D eigenvalue weighted by Gasteiger charge is 2.34.